The van der Waals surface area contributed by atoms with E-state index >= 15 is 0 Å². The van der Waals surface area contributed by atoms with E-state index in [4.69, 9.17) is 5.73 Å². The Morgan fingerprint density at radius 2 is 2.20 bits per heavy atom. The van der Waals surface area contributed by atoms with Crippen LogP contribution in [0.5, 0.6) is 0 Å². The Morgan fingerprint density at radius 1 is 1.40 bits per heavy atom. The molecule has 1 nitrogen and oxygen atoms in total. The van der Waals surface area contributed by atoms with Crippen LogP contribution < -0.4 is 0 Å². The van der Waals surface area contributed by atoms with Gasteiger partial charge in [0.2, 0.25) is 0 Å². The third-order valence-corrected chi connectivity index (χ3v) is 1.42. The van der Waals surface area contributed by atoms with Crippen molar-refractivity contribution in [3.8, 4) is 0 Å². The fraction of sp³-hybridized carbons (Fsp3) is 0.375. The summed E-state index contributed by atoms with van der Waals surface area (Å²) >= 11 is 0. The summed E-state index contributed by atoms with van der Waals surface area (Å²) in [5.41, 5.74) is 6.96. The van der Waals surface area contributed by atoms with Crippen molar-refractivity contribution < 1.29 is 32.7 Å². The van der Waals surface area contributed by atoms with Crippen LogP contribution in [0, 0.1) is 12.3 Å². The molecule has 1 aliphatic rings. The average Bonchev–Trinajstić information content (AvgIpc) is 1.91. The van der Waals surface area contributed by atoms with Crippen molar-refractivity contribution in [2.24, 2.45) is 5.92 Å². The van der Waals surface area contributed by atoms with E-state index in [1.165, 1.54) is 0 Å². The first kappa shape index (κ1) is 10.4. The first-order valence-electron chi connectivity index (χ1n) is 3.26. The molecule has 0 amide bonds. The molecule has 0 aromatic rings. The van der Waals surface area contributed by atoms with Crippen LogP contribution in [-0.2, 0) is 32.7 Å². The maximum atomic E-state index is 6.96. The second kappa shape index (κ2) is 6.15. The maximum absolute atomic E-state index is 6.96. The van der Waals surface area contributed by atoms with Gasteiger partial charge in [0.05, 0.1) is 0 Å². The molecule has 1 atom stereocenters. The Kier molecular flexibility index (Phi) is 6.40. The van der Waals surface area contributed by atoms with E-state index in [0.29, 0.717) is 12.5 Å². The van der Waals surface area contributed by atoms with E-state index in [2.05, 4.69) is 12.5 Å². The van der Waals surface area contributed by atoms with Crippen molar-refractivity contribution >= 4 is 0 Å². The van der Waals surface area contributed by atoms with Crippen molar-refractivity contribution in [1.82, 2.24) is 0 Å². The van der Waals surface area contributed by atoms with Crippen LogP contribution in [0.4, 0.5) is 0 Å². The zero-order valence-corrected chi connectivity index (χ0v) is 8.79. The van der Waals surface area contributed by atoms with Gasteiger partial charge in [-0.15, -0.1) is 12.2 Å². The van der Waals surface area contributed by atoms with Crippen LogP contribution in [0.3, 0.4) is 0 Å². The van der Waals surface area contributed by atoms with Gasteiger partial charge in [-0.25, -0.2) is 18.6 Å². The quantitative estimate of drug-likeness (QED) is 0.625. The van der Waals surface area contributed by atoms with Gasteiger partial charge in [-0.2, -0.15) is 6.54 Å². The van der Waals surface area contributed by atoms with Crippen LogP contribution in [0.25, 0.3) is 5.73 Å². The number of hydrogen-bond donors (Lipinski definition) is 0. The molecule has 1 N–H and O–H groups in total. The monoisotopic (exact) mass is 210 g/mol. The van der Waals surface area contributed by atoms with Gasteiger partial charge in [0, 0.05) is 32.7 Å². The van der Waals surface area contributed by atoms with Gasteiger partial charge in [0.15, 0.2) is 0 Å². The molecule has 0 aromatic carbocycles. The van der Waals surface area contributed by atoms with E-state index in [-0.39, 0.29) is 32.7 Å². The van der Waals surface area contributed by atoms with Crippen LogP contribution in [0.15, 0.2) is 24.3 Å². The van der Waals surface area contributed by atoms with Gasteiger partial charge >= 0.3 is 0 Å². The molecule has 10 heavy (non-hydrogen) atoms. The zero-order valence-electron chi connectivity index (χ0n) is 5.96. The Hall–Kier alpha value is 0.414. The molecule has 0 bridgehead atoms. The first-order chi connectivity index (χ1) is 4.43. The fourth-order valence-electron chi connectivity index (χ4n) is 0.901. The maximum Gasteiger partial charge on any atom is 0 e. The molecule has 0 aliphatic heterocycles. The van der Waals surface area contributed by atoms with Crippen LogP contribution in [-0.4, -0.2) is 6.54 Å². The molecule has 0 saturated heterocycles. The van der Waals surface area contributed by atoms with E-state index in [1.54, 1.807) is 0 Å². The number of nitrogens with one attached hydrogen (secondary N) is 1. The zero-order chi connectivity index (χ0) is 6.53. The summed E-state index contributed by atoms with van der Waals surface area (Å²) in [6.07, 6.45) is 11.3. The van der Waals surface area contributed by atoms with Crippen LogP contribution >= 0.6 is 0 Å². The molecule has 0 saturated carbocycles. The normalized spacial score (nSPS) is 21.5. The number of hydrogen-bond acceptors (Lipinski definition) is 0. The summed E-state index contributed by atoms with van der Waals surface area (Å²) in [6.45, 7) is 0.527. The minimum absolute atomic E-state index is 0. The Bertz CT molecular complexity index is 129. The van der Waals surface area contributed by atoms with Crippen molar-refractivity contribution in [3.05, 3.63) is 36.5 Å². The second-order valence-electron chi connectivity index (χ2n) is 2.16. The third kappa shape index (κ3) is 3.55. The molecule has 53 valence electrons. The smallest absolute Gasteiger partial charge is 0 e. The molecule has 1 rings (SSSR count). The van der Waals surface area contributed by atoms with E-state index in [9.17, 15) is 0 Å². The van der Waals surface area contributed by atoms with Gasteiger partial charge in [-0.05, 0) is 0 Å². The predicted molar refractivity (Wildman–Crippen MR) is 39.9 cm³/mol. The van der Waals surface area contributed by atoms with Gasteiger partial charge < -0.3 is 5.73 Å². The molecule has 0 heterocycles. The van der Waals surface area contributed by atoms with E-state index in [1.807, 2.05) is 18.2 Å². The van der Waals surface area contributed by atoms with Crippen LogP contribution in [0.2, 0.25) is 0 Å². The SMILES string of the molecule is [NH-]CCC1C=CC=C[CH-]1.[Y]. The van der Waals surface area contributed by atoms with Gasteiger partial charge in [-0.1, -0.05) is 12.3 Å². The third-order valence-electron chi connectivity index (χ3n) is 1.42. The fourth-order valence-corrected chi connectivity index (χ4v) is 0.901. The molecule has 2 heteroatoms. The van der Waals surface area contributed by atoms with Crippen molar-refractivity contribution in [3.63, 3.8) is 0 Å². The summed E-state index contributed by atoms with van der Waals surface area (Å²) in [7, 11) is 0. The average molecular weight is 210 g/mol. The minimum Gasteiger partial charge on any atom is -0.677 e. The van der Waals surface area contributed by atoms with E-state index in [0.717, 1.165) is 6.42 Å². The molecule has 1 unspecified atom stereocenters. The Labute approximate surface area is 87.6 Å². The minimum atomic E-state index is 0. The largest absolute Gasteiger partial charge is 0.677 e. The Morgan fingerprint density at radius 3 is 2.70 bits per heavy atom. The summed E-state index contributed by atoms with van der Waals surface area (Å²) < 4.78 is 0. The molecule has 0 spiro atoms. The molecule has 1 radical (unpaired) electrons. The summed E-state index contributed by atoms with van der Waals surface area (Å²) in [5.74, 6) is 0.521. The summed E-state index contributed by atoms with van der Waals surface area (Å²) in [6, 6.07) is 0. The first-order valence-corrected chi connectivity index (χ1v) is 3.26. The molecule has 0 aromatic heterocycles. The van der Waals surface area contributed by atoms with Gasteiger partial charge in [0.1, 0.15) is 0 Å². The van der Waals surface area contributed by atoms with Crippen molar-refractivity contribution in [2.75, 3.05) is 6.54 Å². The summed E-state index contributed by atoms with van der Waals surface area (Å²) in [5, 5.41) is 0. The molecular weight excluding hydrogens is 199 g/mol. The van der Waals surface area contributed by atoms with Crippen molar-refractivity contribution in [2.45, 2.75) is 6.42 Å². The molecule has 0 fully saturated rings. The summed E-state index contributed by atoms with van der Waals surface area (Å²) in [4.78, 5) is 0. The predicted octanol–water partition coefficient (Wildman–Crippen LogP) is 2.37. The molecular formula is C8H11NY-2. The van der Waals surface area contributed by atoms with E-state index < -0.39 is 0 Å². The standard InChI is InChI=1S/C8H11N.Y/c9-7-6-8-4-2-1-3-5-8;/h1-5,8-9H,6-7H2;/q-2;. The number of allylic oxidation sites excluding steroid dienone is 4. The Balaban J connectivity index is 0.000000810. The van der Waals surface area contributed by atoms with Crippen molar-refractivity contribution in [1.29, 1.82) is 0 Å². The van der Waals surface area contributed by atoms with Gasteiger partial charge in [-0.3, -0.25) is 0 Å². The van der Waals surface area contributed by atoms with Crippen LogP contribution in [0.1, 0.15) is 6.42 Å². The number of rotatable bonds is 2. The second-order valence-corrected chi connectivity index (χ2v) is 2.16. The van der Waals surface area contributed by atoms with Gasteiger partial charge in [0.25, 0.3) is 0 Å². The topological polar surface area (TPSA) is 23.8 Å². The molecule has 1 aliphatic carbocycles.